The van der Waals surface area contributed by atoms with Gasteiger partial charge < -0.3 is 15.8 Å². The molecule has 1 heterocycles. The Hall–Kier alpha value is -2.01. The molecule has 0 spiro atoms. The zero-order valence-electron chi connectivity index (χ0n) is 13.5. The SMILES string of the molecule is CS(=O)(=O)N1CCC(CN=C(N)Nc2cccc(OC(F)(F)F)c2)C1. The van der Waals surface area contributed by atoms with Crippen LogP contribution in [0.2, 0.25) is 0 Å². The van der Waals surface area contributed by atoms with Crippen molar-refractivity contribution >= 4 is 21.7 Å². The third kappa shape index (κ3) is 6.42. The Bertz CT molecular complexity index is 737. The largest absolute Gasteiger partial charge is 0.573 e. The number of hydrogen-bond acceptors (Lipinski definition) is 4. The Labute approximate surface area is 143 Å². The van der Waals surface area contributed by atoms with E-state index in [0.717, 1.165) is 12.3 Å². The number of hydrogen-bond donors (Lipinski definition) is 2. The van der Waals surface area contributed by atoms with Gasteiger partial charge in [0.15, 0.2) is 5.96 Å². The second kappa shape index (κ2) is 7.48. The molecule has 1 aromatic rings. The van der Waals surface area contributed by atoms with Crippen LogP contribution in [0.15, 0.2) is 29.3 Å². The molecule has 1 aromatic carbocycles. The van der Waals surface area contributed by atoms with Crippen molar-refractivity contribution in [1.29, 1.82) is 0 Å². The van der Waals surface area contributed by atoms with E-state index in [1.807, 2.05) is 0 Å². The van der Waals surface area contributed by atoms with Crippen LogP contribution in [0, 0.1) is 5.92 Å². The summed E-state index contributed by atoms with van der Waals surface area (Å²) in [6.07, 6.45) is -2.93. The van der Waals surface area contributed by atoms with Crippen LogP contribution in [-0.4, -0.2) is 50.9 Å². The van der Waals surface area contributed by atoms with Crippen LogP contribution in [0.25, 0.3) is 0 Å². The van der Waals surface area contributed by atoms with Gasteiger partial charge in [0.1, 0.15) is 5.75 Å². The summed E-state index contributed by atoms with van der Waals surface area (Å²) in [6.45, 7) is 1.15. The summed E-state index contributed by atoms with van der Waals surface area (Å²) in [5, 5.41) is 2.68. The fraction of sp³-hybridized carbons (Fsp3) is 0.500. The van der Waals surface area contributed by atoms with Crippen LogP contribution in [0.1, 0.15) is 6.42 Å². The lowest BCUT2D eigenvalue weighted by Crippen LogP contribution is -2.28. The summed E-state index contributed by atoms with van der Waals surface area (Å²) in [7, 11) is -3.21. The summed E-state index contributed by atoms with van der Waals surface area (Å²) >= 11 is 0. The number of halogens is 3. The number of nitrogens with one attached hydrogen (secondary N) is 1. The van der Waals surface area contributed by atoms with Crippen LogP contribution in [0.4, 0.5) is 18.9 Å². The molecule has 3 N–H and O–H groups in total. The van der Waals surface area contributed by atoms with E-state index in [1.54, 1.807) is 0 Å². The lowest BCUT2D eigenvalue weighted by atomic mass is 10.1. The molecule has 2 rings (SSSR count). The maximum absolute atomic E-state index is 12.2. The van der Waals surface area contributed by atoms with E-state index < -0.39 is 16.4 Å². The molecule has 1 aliphatic rings. The minimum atomic E-state index is -4.77. The third-order valence-corrected chi connectivity index (χ3v) is 4.85. The van der Waals surface area contributed by atoms with Crippen LogP contribution >= 0.6 is 0 Å². The number of anilines is 1. The van der Waals surface area contributed by atoms with Crippen molar-refractivity contribution in [1.82, 2.24) is 4.31 Å². The second-order valence-electron chi connectivity index (χ2n) is 5.70. The predicted octanol–water partition coefficient (Wildman–Crippen LogP) is 1.59. The van der Waals surface area contributed by atoms with Gasteiger partial charge in [-0.2, -0.15) is 0 Å². The summed E-state index contributed by atoms with van der Waals surface area (Å²) < 4.78 is 64.7. The average Bonchev–Trinajstić information content (AvgIpc) is 2.92. The molecule has 7 nitrogen and oxygen atoms in total. The Morgan fingerprint density at radius 3 is 2.80 bits per heavy atom. The molecule has 0 aromatic heterocycles. The van der Waals surface area contributed by atoms with E-state index in [-0.39, 0.29) is 17.6 Å². The average molecular weight is 380 g/mol. The van der Waals surface area contributed by atoms with E-state index in [4.69, 9.17) is 5.73 Å². The Kier molecular flexibility index (Phi) is 5.78. The number of ether oxygens (including phenoxy) is 1. The number of benzene rings is 1. The maximum atomic E-state index is 12.2. The fourth-order valence-electron chi connectivity index (χ4n) is 2.43. The molecular formula is C14H19F3N4O3S. The molecule has 1 atom stereocenters. The zero-order valence-corrected chi connectivity index (χ0v) is 14.3. The standard InChI is InChI=1S/C14H19F3N4O3S/c1-25(22,23)21-6-5-10(9-21)8-19-13(18)20-11-3-2-4-12(7-11)24-14(15,16)17/h2-4,7,10H,5-6,8-9H2,1H3,(H3,18,19,20). The molecule has 0 amide bonds. The molecule has 1 fully saturated rings. The molecule has 0 aliphatic carbocycles. The Balaban J connectivity index is 1.90. The van der Waals surface area contributed by atoms with Crippen molar-refractivity contribution < 1.29 is 26.3 Å². The molecule has 25 heavy (non-hydrogen) atoms. The van der Waals surface area contributed by atoms with E-state index in [9.17, 15) is 21.6 Å². The van der Waals surface area contributed by atoms with Crippen molar-refractivity contribution in [3.63, 3.8) is 0 Å². The van der Waals surface area contributed by atoms with Gasteiger partial charge >= 0.3 is 6.36 Å². The van der Waals surface area contributed by atoms with Crippen LogP contribution in [-0.2, 0) is 10.0 Å². The van der Waals surface area contributed by atoms with Crippen molar-refractivity contribution in [2.24, 2.45) is 16.6 Å². The molecular weight excluding hydrogens is 361 g/mol. The number of aliphatic imine (C=N–C) groups is 1. The van der Waals surface area contributed by atoms with Gasteiger partial charge in [0, 0.05) is 31.4 Å². The first kappa shape index (κ1) is 19.3. The molecule has 1 unspecified atom stereocenters. The van der Waals surface area contributed by atoms with Crippen molar-refractivity contribution in [3.05, 3.63) is 24.3 Å². The van der Waals surface area contributed by atoms with E-state index in [0.29, 0.717) is 31.7 Å². The van der Waals surface area contributed by atoms with Crippen molar-refractivity contribution in [3.8, 4) is 5.75 Å². The van der Waals surface area contributed by atoms with Crippen molar-refractivity contribution in [2.75, 3.05) is 31.2 Å². The highest BCUT2D eigenvalue weighted by atomic mass is 32.2. The number of rotatable bonds is 5. The summed E-state index contributed by atoms with van der Waals surface area (Å²) in [5.41, 5.74) is 6.02. The lowest BCUT2D eigenvalue weighted by Gasteiger charge is -2.13. The molecule has 0 saturated carbocycles. The quantitative estimate of drug-likeness (QED) is 0.597. The van der Waals surface area contributed by atoms with Gasteiger partial charge in [-0.15, -0.1) is 13.2 Å². The van der Waals surface area contributed by atoms with Crippen LogP contribution < -0.4 is 15.8 Å². The number of sulfonamides is 1. The van der Waals surface area contributed by atoms with Gasteiger partial charge in [0.25, 0.3) is 0 Å². The smallest absolute Gasteiger partial charge is 0.406 e. The molecule has 140 valence electrons. The number of guanidine groups is 1. The number of nitrogens with zero attached hydrogens (tertiary/aromatic N) is 2. The topological polar surface area (TPSA) is 97.0 Å². The van der Waals surface area contributed by atoms with Crippen molar-refractivity contribution in [2.45, 2.75) is 12.8 Å². The van der Waals surface area contributed by atoms with E-state index >= 15 is 0 Å². The summed E-state index contributed by atoms with van der Waals surface area (Å²) in [5.74, 6) is -0.290. The maximum Gasteiger partial charge on any atom is 0.573 e. The number of alkyl halides is 3. The lowest BCUT2D eigenvalue weighted by molar-refractivity contribution is -0.274. The number of nitrogens with two attached hydrogens (primary N) is 1. The Morgan fingerprint density at radius 1 is 1.48 bits per heavy atom. The second-order valence-corrected chi connectivity index (χ2v) is 7.68. The van der Waals surface area contributed by atoms with Gasteiger partial charge in [0.05, 0.1) is 6.26 Å². The fourth-order valence-corrected chi connectivity index (χ4v) is 3.35. The highest BCUT2D eigenvalue weighted by Gasteiger charge is 2.31. The highest BCUT2D eigenvalue weighted by Crippen LogP contribution is 2.25. The normalized spacial score (nSPS) is 19.8. The minimum Gasteiger partial charge on any atom is -0.406 e. The molecule has 0 bridgehead atoms. The van der Waals surface area contributed by atoms with E-state index in [2.05, 4.69) is 15.0 Å². The molecule has 1 aliphatic heterocycles. The first-order valence-corrected chi connectivity index (χ1v) is 9.25. The Morgan fingerprint density at radius 2 is 2.20 bits per heavy atom. The zero-order chi connectivity index (χ0) is 18.7. The van der Waals surface area contributed by atoms with Gasteiger partial charge in [-0.25, -0.2) is 12.7 Å². The highest BCUT2D eigenvalue weighted by molar-refractivity contribution is 7.88. The van der Waals surface area contributed by atoms with Gasteiger partial charge in [-0.05, 0) is 24.5 Å². The molecule has 11 heteroatoms. The van der Waals surface area contributed by atoms with Gasteiger partial charge in [0.2, 0.25) is 10.0 Å². The third-order valence-electron chi connectivity index (χ3n) is 3.58. The van der Waals surface area contributed by atoms with E-state index in [1.165, 1.54) is 22.5 Å². The molecule has 0 radical (unpaired) electrons. The van der Waals surface area contributed by atoms with Crippen LogP contribution in [0.5, 0.6) is 5.75 Å². The first-order chi connectivity index (χ1) is 11.5. The predicted molar refractivity (Wildman–Crippen MR) is 87.8 cm³/mol. The molecule has 1 saturated heterocycles. The summed E-state index contributed by atoms with van der Waals surface area (Å²) in [4.78, 5) is 4.12. The van der Waals surface area contributed by atoms with Crippen LogP contribution in [0.3, 0.4) is 0 Å². The van der Waals surface area contributed by atoms with Gasteiger partial charge in [-0.3, -0.25) is 4.99 Å². The van der Waals surface area contributed by atoms with Gasteiger partial charge in [-0.1, -0.05) is 6.07 Å². The summed E-state index contributed by atoms with van der Waals surface area (Å²) in [6, 6.07) is 5.23. The minimum absolute atomic E-state index is 0.0296. The monoisotopic (exact) mass is 380 g/mol. The first-order valence-electron chi connectivity index (χ1n) is 7.41.